The van der Waals surface area contributed by atoms with Crippen molar-refractivity contribution in [2.24, 2.45) is 0 Å². The summed E-state index contributed by atoms with van der Waals surface area (Å²) in [5, 5.41) is 21.4. The van der Waals surface area contributed by atoms with E-state index in [-0.39, 0.29) is 0 Å². The van der Waals surface area contributed by atoms with Gasteiger partial charge in [-0.05, 0) is 18.2 Å². The standard InChI is InChI=1S/C15H11N3/c16-10-12-6-4-5-9-14(12)15(11-17)18-13-7-2-1-3-8-13/h1-9,15,18H. The summed E-state index contributed by atoms with van der Waals surface area (Å²) < 4.78 is 0. The average Bonchev–Trinajstić information content (AvgIpc) is 2.46. The van der Waals surface area contributed by atoms with E-state index in [1.165, 1.54) is 0 Å². The number of rotatable bonds is 3. The number of benzene rings is 2. The fraction of sp³-hybridized carbons (Fsp3) is 0.0667. The molecule has 2 aromatic carbocycles. The van der Waals surface area contributed by atoms with Gasteiger partial charge in [0.05, 0.1) is 17.7 Å². The molecule has 1 N–H and O–H groups in total. The van der Waals surface area contributed by atoms with Gasteiger partial charge in [-0.25, -0.2) is 0 Å². The van der Waals surface area contributed by atoms with Crippen molar-refractivity contribution in [3.8, 4) is 12.1 Å². The Labute approximate surface area is 106 Å². The lowest BCUT2D eigenvalue weighted by Crippen LogP contribution is -2.09. The maximum absolute atomic E-state index is 9.24. The van der Waals surface area contributed by atoms with Crippen molar-refractivity contribution in [2.45, 2.75) is 6.04 Å². The van der Waals surface area contributed by atoms with Crippen LogP contribution in [0.3, 0.4) is 0 Å². The monoisotopic (exact) mass is 233 g/mol. The molecule has 0 radical (unpaired) electrons. The lowest BCUT2D eigenvalue weighted by Gasteiger charge is -2.14. The van der Waals surface area contributed by atoms with E-state index in [2.05, 4.69) is 17.5 Å². The fourth-order valence-electron chi connectivity index (χ4n) is 1.73. The lowest BCUT2D eigenvalue weighted by molar-refractivity contribution is 0.991. The fourth-order valence-corrected chi connectivity index (χ4v) is 1.73. The first-order valence-corrected chi connectivity index (χ1v) is 5.55. The van der Waals surface area contributed by atoms with Crippen LogP contribution in [0, 0.1) is 22.7 Å². The van der Waals surface area contributed by atoms with E-state index < -0.39 is 6.04 Å². The molecule has 0 saturated carbocycles. The molecule has 2 rings (SSSR count). The second kappa shape index (κ2) is 5.52. The summed E-state index contributed by atoms with van der Waals surface area (Å²) in [7, 11) is 0. The molecule has 0 saturated heterocycles. The third-order valence-electron chi connectivity index (χ3n) is 2.61. The first-order valence-electron chi connectivity index (χ1n) is 5.55. The van der Waals surface area contributed by atoms with Crippen LogP contribution >= 0.6 is 0 Å². The van der Waals surface area contributed by atoms with E-state index in [4.69, 9.17) is 5.26 Å². The van der Waals surface area contributed by atoms with Gasteiger partial charge in [-0.2, -0.15) is 10.5 Å². The molecular weight excluding hydrogens is 222 g/mol. The van der Waals surface area contributed by atoms with Crippen molar-refractivity contribution >= 4 is 5.69 Å². The highest BCUT2D eigenvalue weighted by molar-refractivity contribution is 5.50. The molecular formula is C15H11N3. The van der Waals surface area contributed by atoms with Crippen molar-refractivity contribution in [3.63, 3.8) is 0 Å². The van der Waals surface area contributed by atoms with Crippen molar-refractivity contribution in [2.75, 3.05) is 5.32 Å². The second-order valence-corrected chi connectivity index (χ2v) is 3.77. The van der Waals surface area contributed by atoms with Gasteiger partial charge in [0.1, 0.15) is 6.04 Å². The maximum Gasteiger partial charge on any atom is 0.141 e. The van der Waals surface area contributed by atoms with E-state index in [0.717, 1.165) is 5.69 Å². The molecule has 0 spiro atoms. The molecule has 0 bridgehead atoms. The molecule has 2 aromatic rings. The second-order valence-electron chi connectivity index (χ2n) is 3.77. The van der Waals surface area contributed by atoms with Gasteiger partial charge < -0.3 is 5.32 Å². The highest BCUT2D eigenvalue weighted by atomic mass is 14.9. The smallest absolute Gasteiger partial charge is 0.141 e. The molecule has 18 heavy (non-hydrogen) atoms. The summed E-state index contributed by atoms with van der Waals surface area (Å²) >= 11 is 0. The van der Waals surface area contributed by atoms with Gasteiger partial charge in [-0.15, -0.1) is 0 Å². The van der Waals surface area contributed by atoms with Gasteiger partial charge >= 0.3 is 0 Å². The van der Waals surface area contributed by atoms with E-state index >= 15 is 0 Å². The zero-order chi connectivity index (χ0) is 12.8. The average molecular weight is 233 g/mol. The van der Waals surface area contributed by atoms with E-state index in [1.54, 1.807) is 18.2 Å². The van der Waals surface area contributed by atoms with Crippen molar-refractivity contribution in [1.82, 2.24) is 0 Å². The van der Waals surface area contributed by atoms with Crippen LogP contribution < -0.4 is 5.32 Å². The Bertz CT molecular complexity index is 606. The van der Waals surface area contributed by atoms with Crippen molar-refractivity contribution in [1.29, 1.82) is 10.5 Å². The van der Waals surface area contributed by atoms with Crippen LogP contribution in [0.1, 0.15) is 17.2 Å². The van der Waals surface area contributed by atoms with Gasteiger partial charge in [0, 0.05) is 11.3 Å². The molecule has 1 atom stereocenters. The predicted octanol–water partition coefficient (Wildman–Crippen LogP) is 3.24. The normalized spacial score (nSPS) is 11.0. The summed E-state index contributed by atoms with van der Waals surface area (Å²) in [6, 6.07) is 20.4. The predicted molar refractivity (Wildman–Crippen MR) is 69.6 cm³/mol. The molecule has 0 aliphatic carbocycles. The van der Waals surface area contributed by atoms with Crippen LogP contribution in [0.4, 0.5) is 5.69 Å². The molecule has 0 aliphatic rings. The van der Waals surface area contributed by atoms with Crippen LogP contribution in [-0.4, -0.2) is 0 Å². The number of anilines is 1. The Morgan fingerprint density at radius 3 is 2.22 bits per heavy atom. The number of nitriles is 2. The Kier molecular flexibility index (Phi) is 3.59. The van der Waals surface area contributed by atoms with Crippen LogP contribution in [0.5, 0.6) is 0 Å². The van der Waals surface area contributed by atoms with Crippen LogP contribution in [0.25, 0.3) is 0 Å². The zero-order valence-corrected chi connectivity index (χ0v) is 9.67. The molecule has 3 nitrogen and oxygen atoms in total. The molecule has 0 fully saturated rings. The number of hydrogen-bond acceptors (Lipinski definition) is 3. The van der Waals surface area contributed by atoms with Gasteiger partial charge in [-0.3, -0.25) is 0 Å². The van der Waals surface area contributed by atoms with Gasteiger partial charge in [0.15, 0.2) is 0 Å². The minimum atomic E-state index is -0.525. The Morgan fingerprint density at radius 2 is 1.56 bits per heavy atom. The summed E-state index contributed by atoms with van der Waals surface area (Å²) in [6.45, 7) is 0. The number of nitrogens with one attached hydrogen (secondary N) is 1. The Hall–Kier alpha value is -2.78. The molecule has 3 heteroatoms. The third-order valence-corrected chi connectivity index (χ3v) is 2.61. The molecule has 0 amide bonds. The largest absolute Gasteiger partial charge is 0.366 e. The topological polar surface area (TPSA) is 59.6 Å². The summed E-state index contributed by atoms with van der Waals surface area (Å²) in [5.74, 6) is 0. The van der Waals surface area contributed by atoms with Crippen LogP contribution in [0.2, 0.25) is 0 Å². The highest BCUT2D eigenvalue weighted by Crippen LogP contribution is 2.21. The Morgan fingerprint density at radius 1 is 0.889 bits per heavy atom. The number of nitrogens with zero attached hydrogens (tertiary/aromatic N) is 2. The molecule has 0 aromatic heterocycles. The highest BCUT2D eigenvalue weighted by Gasteiger charge is 2.13. The summed E-state index contributed by atoms with van der Waals surface area (Å²) in [6.07, 6.45) is 0. The minimum Gasteiger partial charge on any atom is -0.366 e. The first-order chi connectivity index (χ1) is 8.85. The Balaban J connectivity index is 2.30. The molecule has 0 heterocycles. The number of para-hydroxylation sites is 1. The van der Waals surface area contributed by atoms with Crippen molar-refractivity contribution in [3.05, 3.63) is 65.7 Å². The van der Waals surface area contributed by atoms with Gasteiger partial charge in [0.25, 0.3) is 0 Å². The summed E-state index contributed by atoms with van der Waals surface area (Å²) in [4.78, 5) is 0. The zero-order valence-electron chi connectivity index (χ0n) is 9.67. The van der Waals surface area contributed by atoms with Crippen molar-refractivity contribution < 1.29 is 0 Å². The molecule has 86 valence electrons. The maximum atomic E-state index is 9.24. The molecule has 1 unspecified atom stereocenters. The van der Waals surface area contributed by atoms with Gasteiger partial charge in [-0.1, -0.05) is 36.4 Å². The van der Waals surface area contributed by atoms with E-state index in [1.807, 2.05) is 36.4 Å². The quantitative estimate of drug-likeness (QED) is 0.885. The van der Waals surface area contributed by atoms with E-state index in [0.29, 0.717) is 11.1 Å². The van der Waals surface area contributed by atoms with E-state index in [9.17, 15) is 5.26 Å². The molecule has 0 aliphatic heterocycles. The van der Waals surface area contributed by atoms with Gasteiger partial charge in [0.2, 0.25) is 0 Å². The SMILES string of the molecule is N#Cc1ccccc1C(C#N)Nc1ccccc1. The van der Waals surface area contributed by atoms with Crippen LogP contribution in [-0.2, 0) is 0 Å². The first kappa shape index (κ1) is 11.7. The number of hydrogen-bond donors (Lipinski definition) is 1. The third kappa shape index (κ3) is 2.48. The lowest BCUT2D eigenvalue weighted by atomic mass is 10.0. The van der Waals surface area contributed by atoms with Crippen LogP contribution in [0.15, 0.2) is 54.6 Å². The minimum absolute atomic E-state index is 0.521. The summed E-state index contributed by atoms with van der Waals surface area (Å²) in [5.41, 5.74) is 2.08.